The lowest BCUT2D eigenvalue weighted by Crippen LogP contribution is -2.11. The van der Waals surface area contributed by atoms with Gasteiger partial charge in [0.1, 0.15) is 5.82 Å². The Hall–Kier alpha value is -2.18. The number of halogens is 1. The molecule has 0 aliphatic heterocycles. The standard InChI is InChI=1S/C18H15FN2OS2/c1-12-20-16(10-23-12)11-24-17-8-2-13(3-9-17)18(22)21-15-6-4-14(19)5-7-15/h2-10H,11H2,1H3,(H,21,22). The Morgan fingerprint density at radius 1 is 1.17 bits per heavy atom. The number of anilines is 1. The third kappa shape index (κ3) is 4.43. The summed E-state index contributed by atoms with van der Waals surface area (Å²) < 4.78 is 12.9. The summed E-state index contributed by atoms with van der Waals surface area (Å²) in [6, 6.07) is 13.1. The highest BCUT2D eigenvalue weighted by Gasteiger charge is 2.07. The molecule has 0 aliphatic carbocycles. The van der Waals surface area contributed by atoms with Crippen molar-refractivity contribution in [2.24, 2.45) is 0 Å². The van der Waals surface area contributed by atoms with Crippen molar-refractivity contribution < 1.29 is 9.18 Å². The number of nitrogens with zero attached hydrogens (tertiary/aromatic N) is 1. The molecule has 0 aliphatic rings. The van der Waals surface area contributed by atoms with Crippen LogP contribution < -0.4 is 5.32 Å². The van der Waals surface area contributed by atoms with Gasteiger partial charge in [-0.05, 0) is 55.5 Å². The SMILES string of the molecule is Cc1nc(CSc2ccc(C(=O)Nc3ccc(F)cc3)cc2)cs1. The van der Waals surface area contributed by atoms with Gasteiger partial charge >= 0.3 is 0 Å². The highest BCUT2D eigenvalue weighted by molar-refractivity contribution is 7.98. The Morgan fingerprint density at radius 2 is 1.88 bits per heavy atom. The number of benzene rings is 2. The van der Waals surface area contributed by atoms with Crippen molar-refractivity contribution >= 4 is 34.7 Å². The molecule has 1 N–H and O–H groups in total. The van der Waals surface area contributed by atoms with Gasteiger partial charge < -0.3 is 5.32 Å². The van der Waals surface area contributed by atoms with E-state index in [1.807, 2.05) is 19.1 Å². The number of amides is 1. The van der Waals surface area contributed by atoms with Crippen LogP contribution in [0.3, 0.4) is 0 Å². The number of hydrogen-bond acceptors (Lipinski definition) is 4. The molecule has 3 rings (SSSR count). The maximum atomic E-state index is 12.9. The van der Waals surface area contributed by atoms with Crippen LogP contribution in [0.25, 0.3) is 0 Å². The second kappa shape index (κ2) is 7.59. The number of thiazole rings is 1. The van der Waals surface area contributed by atoms with E-state index in [4.69, 9.17) is 0 Å². The minimum Gasteiger partial charge on any atom is -0.322 e. The predicted octanol–water partition coefficient (Wildman–Crippen LogP) is 5.14. The fourth-order valence-electron chi connectivity index (χ4n) is 2.07. The fraction of sp³-hybridized carbons (Fsp3) is 0.111. The van der Waals surface area contributed by atoms with E-state index < -0.39 is 0 Å². The number of hydrogen-bond donors (Lipinski definition) is 1. The molecule has 1 heterocycles. The molecule has 1 aromatic heterocycles. The number of carbonyl (C=O) groups is 1. The summed E-state index contributed by atoms with van der Waals surface area (Å²) in [6.07, 6.45) is 0. The van der Waals surface area contributed by atoms with Gasteiger partial charge in [-0.15, -0.1) is 23.1 Å². The highest BCUT2D eigenvalue weighted by atomic mass is 32.2. The summed E-state index contributed by atoms with van der Waals surface area (Å²) in [5.41, 5.74) is 2.20. The Balaban J connectivity index is 1.59. The van der Waals surface area contributed by atoms with E-state index in [-0.39, 0.29) is 11.7 Å². The zero-order chi connectivity index (χ0) is 16.9. The number of aryl methyl sites for hydroxylation is 1. The molecule has 122 valence electrons. The van der Waals surface area contributed by atoms with Crippen LogP contribution in [0.4, 0.5) is 10.1 Å². The summed E-state index contributed by atoms with van der Waals surface area (Å²) in [5, 5.41) is 5.87. The maximum Gasteiger partial charge on any atom is 0.255 e. The van der Waals surface area contributed by atoms with Crippen molar-refractivity contribution in [3.63, 3.8) is 0 Å². The molecule has 2 aromatic carbocycles. The summed E-state index contributed by atoms with van der Waals surface area (Å²) in [5.74, 6) is 0.267. The molecule has 1 amide bonds. The molecule has 0 fully saturated rings. The fourth-order valence-corrected chi connectivity index (χ4v) is 3.58. The lowest BCUT2D eigenvalue weighted by Gasteiger charge is -2.06. The van der Waals surface area contributed by atoms with Crippen LogP contribution in [0.5, 0.6) is 0 Å². The number of carbonyl (C=O) groups excluding carboxylic acids is 1. The largest absolute Gasteiger partial charge is 0.322 e. The maximum absolute atomic E-state index is 12.9. The van der Waals surface area contributed by atoms with E-state index in [1.54, 1.807) is 35.2 Å². The predicted molar refractivity (Wildman–Crippen MR) is 97.2 cm³/mol. The van der Waals surface area contributed by atoms with Gasteiger partial charge in [-0.25, -0.2) is 9.37 Å². The molecule has 0 spiro atoms. The minimum absolute atomic E-state index is 0.215. The highest BCUT2D eigenvalue weighted by Crippen LogP contribution is 2.24. The molecular weight excluding hydrogens is 343 g/mol. The first kappa shape index (κ1) is 16.7. The molecule has 6 heteroatoms. The van der Waals surface area contributed by atoms with Crippen molar-refractivity contribution in [2.75, 3.05) is 5.32 Å². The average molecular weight is 358 g/mol. The van der Waals surface area contributed by atoms with E-state index >= 15 is 0 Å². The molecule has 3 nitrogen and oxygen atoms in total. The molecule has 3 aromatic rings. The molecule has 0 atom stereocenters. The van der Waals surface area contributed by atoms with Gasteiger partial charge in [-0.3, -0.25) is 4.79 Å². The van der Waals surface area contributed by atoms with Gasteiger partial charge in [0.25, 0.3) is 5.91 Å². The van der Waals surface area contributed by atoms with Crippen LogP contribution in [-0.2, 0) is 5.75 Å². The number of thioether (sulfide) groups is 1. The molecule has 0 unspecified atom stereocenters. The normalized spacial score (nSPS) is 10.6. The molecule has 0 bridgehead atoms. The first-order chi connectivity index (χ1) is 11.6. The summed E-state index contributed by atoms with van der Waals surface area (Å²) in [6.45, 7) is 1.99. The second-order valence-corrected chi connectivity index (χ2v) is 7.24. The van der Waals surface area contributed by atoms with E-state index in [0.717, 1.165) is 21.3 Å². The first-order valence-corrected chi connectivity index (χ1v) is 9.17. The van der Waals surface area contributed by atoms with Crippen molar-refractivity contribution in [1.82, 2.24) is 4.98 Å². The van der Waals surface area contributed by atoms with Crippen LogP contribution in [0, 0.1) is 12.7 Å². The minimum atomic E-state index is -0.329. The van der Waals surface area contributed by atoms with Crippen LogP contribution in [0.2, 0.25) is 0 Å². The second-order valence-electron chi connectivity index (χ2n) is 5.13. The molecule has 0 saturated carbocycles. The Bertz CT molecular complexity index is 829. The van der Waals surface area contributed by atoms with Gasteiger partial charge in [0, 0.05) is 27.3 Å². The Morgan fingerprint density at radius 3 is 2.50 bits per heavy atom. The molecule has 24 heavy (non-hydrogen) atoms. The van der Waals surface area contributed by atoms with Gasteiger partial charge in [0.15, 0.2) is 0 Å². The van der Waals surface area contributed by atoms with Crippen molar-refractivity contribution in [3.8, 4) is 0 Å². The number of aromatic nitrogens is 1. The topological polar surface area (TPSA) is 42.0 Å². The van der Waals surface area contributed by atoms with Crippen LogP contribution in [0.15, 0.2) is 58.8 Å². The molecular formula is C18H15FN2OS2. The zero-order valence-electron chi connectivity index (χ0n) is 13.0. The third-order valence-corrected chi connectivity index (χ3v) is 5.14. The third-order valence-electron chi connectivity index (χ3n) is 3.27. The van der Waals surface area contributed by atoms with Gasteiger partial charge in [0.2, 0.25) is 0 Å². The Labute approximate surface area is 148 Å². The van der Waals surface area contributed by atoms with Gasteiger partial charge in [-0.1, -0.05) is 0 Å². The first-order valence-electron chi connectivity index (χ1n) is 7.31. The smallest absolute Gasteiger partial charge is 0.255 e. The summed E-state index contributed by atoms with van der Waals surface area (Å²) in [7, 11) is 0. The van der Waals surface area contributed by atoms with Gasteiger partial charge in [0.05, 0.1) is 10.7 Å². The van der Waals surface area contributed by atoms with Crippen molar-refractivity contribution in [3.05, 3.63) is 76.0 Å². The summed E-state index contributed by atoms with van der Waals surface area (Å²) >= 11 is 3.33. The quantitative estimate of drug-likeness (QED) is 0.643. The molecule has 0 saturated heterocycles. The van der Waals surface area contributed by atoms with Crippen LogP contribution >= 0.6 is 23.1 Å². The monoisotopic (exact) mass is 358 g/mol. The zero-order valence-corrected chi connectivity index (χ0v) is 14.6. The summed E-state index contributed by atoms with van der Waals surface area (Å²) in [4.78, 5) is 17.7. The number of rotatable bonds is 5. The van der Waals surface area contributed by atoms with E-state index in [1.165, 1.54) is 24.3 Å². The van der Waals surface area contributed by atoms with Crippen LogP contribution in [-0.4, -0.2) is 10.9 Å². The average Bonchev–Trinajstić information content (AvgIpc) is 3.01. The van der Waals surface area contributed by atoms with Crippen molar-refractivity contribution in [1.29, 1.82) is 0 Å². The lowest BCUT2D eigenvalue weighted by atomic mass is 10.2. The van der Waals surface area contributed by atoms with E-state index in [9.17, 15) is 9.18 Å². The van der Waals surface area contributed by atoms with E-state index in [2.05, 4.69) is 15.7 Å². The van der Waals surface area contributed by atoms with Crippen molar-refractivity contribution in [2.45, 2.75) is 17.6 Å². The van der Waals surface area contributed by atoms with Crippen LogP contribution in [0.1, 0.15) is 21.1 Å². The van der Waals surface area contributed by atoms with Gasteiger partial charge in [-0.2, -0.15) is 0 Å². The lowest BCUT2D eigenvalue weighted by molar-refractivity contribution is 0.102. The number of nitrogens with one attached hydrogen (secondary N) is 1. The van der Waals surface area contributed by atoms with E-state index in [0.29, 0.717) is 11.3 Å². The molecule has 0 radical (unpaired) electrons. The Kier molecular flexibility index (Phi) is 5.27.